The molecule has 1 aliphatic rings. The number of hydrogen-bond donors (Lipinski definition) is 1. The molecule has 3 aromatic rings. The van der Waals surface area contributed by atoms with Gasteiger partial charge in [0.25, 0.3) is 5.24 Å². The van der Waals surface area contributed by atoms with Crippen LogP contribution >= 0.6 is 11.8 Å². The summed E-state index contributed by atoms with van der Waals surface area (Å²) in [4.78, 5) is 33.6. The maximum Gasteiger partial charge on any atom is 0.286 e. The third-order valence-electron chi connectivity index (χ3n) is 4.97. The predicted molar refractivity (Wildman–Crippen MR) is 129 cm³/mol. The van der Waals surface area contributed by atoms with Gasteiger partial charge in [-0.2, -0.15) is 0 Å². The Kier molecular flexibility index (Phi) is 7.05. The fourth-order valence-corrected chi connectivity index (χ4v) is 3.88. The number of carbonyl (C=O) groups excluding carboxylic acids is 2. The minimum absolute atomic E-state index is 0.132. The molecule has 1 fully saturated rings. The molecule has 34 heavy (non-hydrogen) atoms. The molecule has 2 aromatic carbocycles. The average Bonchev–Trinajstić information content (AvgIpc) is 3.11. The molecule has 0 saturated carbocycles. The van der Waals surface area contributed by atoms with Crippen molar-refractivity contribution in [3.63, 3.8) is 0 Å². The Labute approximate surface area is 202 Å². The number of nitrogens with one attached hydrogen (secondary N) is 1. The lowest BCUT2D eigenvalue weighted by molar-refractivity contribution is -0.118. The Bertz CT molecular complexity index is 1200. The maximum absolute atomic E-state index is 11.8. The molecule has 1 atom stereocenters. The molecule has 9 nitrogen and oxygen atoms in total. The van der Waals surface area contributed by atoms with Crippen LogP contribution in [0.15, 0.2) is 60.9 Å². The number of methoxy groups -OCH3 is 1. The number of aromatic nitrogens is 2. The number of nitrogens with zero attached hydrogens (tertiary/aromatic N) is 3. The lowest BCUT2D eigenvalue weighted by Gasteiger charge is -2.18. The molecule has 2 amide bonds. The lowest BCUT2D eigenvalue weighted by atomic mass is 10.1. The molecule has 1 aliphatic heterocycles. The minimum atomic E-state index is -1.53. The maximum atomic E-state index is 11.8. The van der Waals surface area contributed by atoms with Crippen molar-refractivity contribution in [2.75, 3.05) is 32.2 Å². The van der Waals surface area contributed by atoms with Crippen LogP contribution in [0.5, 0.6) is 23.1 Å². The van der Waals surface area contributed by atoms with E-state index in [4.69, 9.17) is 15.6 Å². The summed E-state index contributed by atoms with van der Waals surface area (Å²) < 4.78 is 25.0. The molecule has 0 bridgehead atoms. The van der Waals surface area contributed by atoms with E-state index in [1.54, 1.807) is 49.6 Å². The van der Waals surface area contributed by atoms with Crippen molar-refractivity contribution in [3.05, 3.63) is 66.5 Å². The number of ether oxygens (including phenoxy) is 3. The van der Waals surface area contributed by atoms with Crippen LogP contribution in [0, 0.1) is 0 Å². The molecule has 10 heteroatoms. The van der Waals surface area contributed by atoms with Crippen molar-refractivity contribution in [1.29, 1.82) is 0 Å². The monoisotopic (exact) mass is 481 g/mol. The average molecular weight is 482 g/mol. The second-order valence-corrected chi connectivity index (χ2v) is 8.42. The Hall–Kier alpha value is -3.79. The largest absolute Gasteiger partial charge is 0.497 e. The smallest absolute Gasteiger partial charge is 0.286 e. The number of thioether (sulfide) groups is 1. The van der Waals surface area contributed by atoms with Gasteiger partial charge in [-0.15, -0.1) is 0 Å². The van der Waals surface area contributed by atoms with Gasteiger partial charge in [-0.3, -0.25) is 14.9 Å². The zero-order valence-corrected chi connectivity index (χ0v) is 19.5. The van der Waals surface area contributed by atoms with E-state index in [0.29, 0.717) is 48.1 Å². The van der Waals surface area contributed by atoms with E-state index in [1.165, 1.54) is 6.33 Å². The van der Waals surface area contributed by atoms with Gasteiger partial charge in [-0.05, 0) is 48.4 Å². The third-order valence-corrected chi connectivity index (χ3v) is 5.83. The highest BCUT2D eigenvalue weighted by Crippen LogP contribution is 2.25. The summed E-state index contributed by atoms with van der Waals surface area (Å²) in [5.74, 6) is 2.56. The summed E-state index contributed by atoms with van der Waals surface area (Å²) in [7, 11) is 3.50. The molecule has 1 saturated heterocycles. The molecule has 2 heterocycles. The van der Waals surface area contributed by atoms with Crippen molar-refractivity contribution in [1.82, 2.24) is 15.3 Å². The number of hydrogen-bond acceptors (Lipinski definition) is 9. The highest BCUT2D eigenvalue weighted by molar-refractivity contribution is 8.15. The van der Waals surface area contributed by atoms with Crippen LogP contribution in [0.3, 0.4) is 0 Å². The van der Waals surface area contributed by atoms with Crippen molar-refractivity contribution >= 4 is 28.7 Å². The van der Waals surface area contributed by atoms with Gasteiger partial charge >= 0.3 is 0 Å². The van der Waals surface area contributed by atoms with E-state index < -0.39 is 16.4 Å². The first-order valence-electron chi connectivity index (χ1n) is 11.0. The Morgan fingerprint density at radius 3 is 2.44 bits per heavy atom. The van der Waals surface area contributed by atoms with Gasteiger partial charge < -0.3 is 19.1 Å². The fraction of sp³-hybridized carbons (Fsp3) is 0.250. The van der Waals surface area contributed by atoms with Gasteiger partial charge in [0.05, 0.1) is 20.3 Å². The first kappa shape index (κ1) is 22.0. The van der Waals surface area contributed by atoms with Gasteiger partial charge in [-0.25, -0.2) is 9.97 Å². The highest BCUT2D eigenvalue weighted by Gasteiger charge is 2.31. The molecule has 0 unspecified atom stereocenters. The molecule has 0 aliphatic carbocycles. The van der Waals surface area contributed by atoms with Gasteiger partial charge in [-0.1, -0.05) is 23.9 Å². The number of amides is 2. The summed E-state index contributed by atoms with van der Waals surface area (Å²) in [6.45, 7) is 0.971. The van der Waals surface area contributed by atoms with Crippen molar-refractivity contribution in [2.45, 2.75) is 11.6 Å². The van der Waals surface area contributed by atoms with Gasteiger partial charge in [0.15, 0.2) is 0 Å². The summed E-state index contributed by atoms with van der Waals surface area (Å²) in [5.41, 5.74) is 0.771. The van der Waals surface area contributed by atoms with E-state index in [1.807, 2.05) is 24.1 Å². The molecule has 0 spiro atoms. The fourth-order valence-electron chi connectivity index (χ4n) is 3.13. The van der Waals surface area contributed by atoms with Crippen LogP contribution < -0.4 is 24.4 Å². The molecule has 176 valence electrons. The predicted octanol–water partition coefficient (Wildman–Crippen LogP) is 3.69. The molecule has 0 radical (unpaired) electrons. The standard InChI is InChI=1S/C24H24N4O5S/c1-28(21-14-22(26-15-25-21)33-19-9-7-17(31-2)8-10-19)11-12-32-18-5-3-16(4-6-18)13-20-23(29)27-24(30)34-20/h3-10,14-15,20H,11-13H2,1-2H3,(H,27,29,30)/t20-/m1/s1/i20D. The molecule has 1 aromatic heterocycles. The first-order valence-corrected chi connectivity index (χ1v) is 11.3. The van der Waals surface area contributed by atoms with Crippen LogP contribution in [-0.4, -0.2) is 53.6 Å². The second-order valence-electron chi connectivity index (χ2n) is 7.35. The van der Waals surface area contributed by atoms with E-state index in [9.17, 15) is 9.59 Å². The number of imide groups is 1. The molecule has 4 rings (SSSR count). The van der Waals surface area contributed by atoms with Gasteiger partial charge in [0.2, 0.25) is 11.8 Å². The van der Waals surface area contributed by atoms with Crippen LogP contribution in [0.1, 0.15) is 6.93 Å². The highest BCUT2D eigenvalue weighted by atomic mass is 32.2. The number of likely N-dealkylation sites (N-methyl/N-ethyl adjacent to an activating group) is 1. The van der Waals surface area contributed by atoms with Crippen molar-refractivity contribution in [3.8, 4) is 23.1 Å². The van der Waals surface area contributed by atoms with Crippen LogP contribution in [-0.2, 0) is 11.2 Å². The van der Waals surface area contributed by atoms with Gasteiger partial charge in [0.1, 0.15) is 36.0 Å². The Morgan fingerprint density at radius 1 is 1.06 bits per heavy atom. The summed E-state index contributed by atoms with van der Waals surface area (Å²) >= 11 is 0.699. The zero-order valence-electron chi connectivity index (χ0n) is 19.7. The SMILES string of the molecule is [2H][C@]1(Cc2ccc(OCCN(C)c3cc(Oc4ccc(OC)cc4)ncn3)cc2)SC(=O)NC1=O. The molecular weight excluding hydrogens is 456 g/mol. The molecule has 1 N–H and O–H groups in total. The molecular formula is C24H24N4O5S. The number of benzene rings is 2. The van der Waals surface area contributed by atoms with Crippen LogP contribution in [0.25, 0.3) is 0 Å². The van der Waals surface area contributed by atoms with Crippen LogP contribution in [0.4, 0.5) is 10.6 Å². The summed E-state index contributed by atoms with van der Waals surface area (Å²) in [6.07, 6.45) is 1.58. The number of carbonyl (C=O) groups is 2. The Balaban J connectivity index is 1.27. The number of rotatable bonds is 10. The Morgan fingerprint density at radius 2 is 1.76 bits per heavy atom. The zero-order chi connectivity index (χ0) is 24.8. The van der Waals surface area contributed by atoms with Crippen LogP contribution in [0.2, 0.25) is 0 Å². The van der Waals surface area contributed by atoms with Crippen molar-refractivity contribution in [2.24, 2.45) is 0 Å². The van der Waals surface area contributed by atoms with Crippen molar-refractivity contribution < 1.29 is 25.2 Å². The van der Waals surface area contributed by atoms with E-state index in [0.717, 1.165) is 11.3 Å². The quantitative estimate of drug-likeness (QED) is 0.464. The van der Waals surface area contributed by atoms with E-state index >= 15 is 0 Å². The topological polar surface area (TPSA) is 103 Å². The second kappa shape index (κ2) is 10.9. The lowest BCUT2D eigenvalue weighted by Crippen LogP contribution is -2.25. The normalized spacial score (nSPS) is 17.6. The van der Waals surface area contributed by atoms with E-state index in [-0.39, 0.29) is 6.42 Å². The summed E-state index contributed by atoms with van der Waals surface area (Å²) in [6, 6.07) is 16.1. The summed E-state index contributed by atoms with van der Waals surface area (Å²) in [5, 5.41) is 0.137. The minimum Gasteiger partial charge on any atom is -0.497 e. The van der Waals surface area contributed by atoms with E-state index in [2.05, 4.69) is 15.3 Å². The third kappa shape index (κ3) is 6.16. The first-order chi connectivity index (χ1) is 16.8. The number of anilines is 1. The van der Waals surface area contributed by atoms with Gasteiger partial charge in [0, 0.05) is 13.1 Å².